The monoisotopic (exact) mass is 777 g/mol. The predicted molar refractivity (Wildman–Crippen MR) is 194 cm³/mol. The Morgan fingerprint density at radius 1 is 0.891 bits per heavy atom. The maximum atomic E-state index is 14.7. The van der Waals surface area contributed by atoms with Crippen LogP contribution < -0.4 is 24.2 Å². The molecule has 2 saturated heterocycles. The Labute approximate surface area is 316 Å². The number of methoxy groups -OCH3 is 2. The van der Waals surface area contributed by atoms with Gasteiger partial charge in [0.2, 0.25) is 29.4 Å². The van der Waals surface area contributed by atoms with E-state index in [9.17, 15) is 48.9 Å². The highest BCUT2D eigenvalue weighted by molar-refractivity contribution is 6.32. The van der Waals surface area contributed by atoms with Crippen LogP contribution in [0.3, 0.4) is 0 Å². The van der Waals surface area contributed by atoms with E-state index in [1.807, 2.05) is 0 Å². The number of halogens is 2. The van der Waals surface area contributed by atoms with E-state index in [4.69, 9.17) is 21.1 Å². The van der Waals surface area contributed by atoms with Crippen LogP contribution in [0.2, 0.25) is 5.02 Å². The first kappa shape index (κ1) is 37.2. The second-order valence-electron chi connectivity index (χ2n) is 14.3. The molecule has 2 aliphatic carbocycles. The lowest BCUT2D eigenvalue weighted by Crippen LogP contribution is -2.48. The van der Waals surface area contributed by atoms with Gasteiger partial charge in [-0.05, 0) is 61.6 Å². The van der Waals surface area contributed by atoms with E-state index in [1.54, 1.807) is 13.0 Å². The number of hydrogen-bond donors (Lipinski definition) is 1. The van der Waals surface area contributed by atoms with E-state index in [-0.39, 0.29) is 52.2 Å². The number of carbonyl (C=O) groups is 4. The fourth-order valence-corrected chi connectivity index (χ4v) is 9.23. The van der Waals surface area contributed by atoms with Crippen LogP contribution in [-0.4, -0.2) is 66.9 Å². The van der Waals surface area contributed by atoms with Crippen molar-refractivity contribution in [2.75, 3.05) is 43.0 Å². The maximum absolute atomic E-state index is 14.7. The molecule has 0 aromatic heterocycles. The Morgan fingerprint density at radius 2 is 1.49 bits per heavy atom. The van der Waals surface area contributed by atoms with Crippen LogP contribution in [0.4, 0.5) is 32.8 Å². The number of allylic oxidation sites excluding steroid dienone is 2. The maximum Gasteiger partial charge on any atom is 0.301 e. The van der Waals surface area contributed by atoms with Gasteiger partial charge < -0.3 is 19.5 Å². The summed E-state index contributed by atoms with van der Waals surface area (Å²) in [6.45, 7) is 1.61. The molecular formula is C37H33ClFN5O11. The predicted octanol–water partition coefficient (Wildman–Crippen LogP) is 5.52. The van der Waals surface area contributed by atoms with Crippen LogP contribution in [0, 0.1) is 55.1 Å². The summed E-state index contributed by atoms with van der Waals surface area (Å²) in [5.41, 5.74) is -2.67. The highest BCUT2D eigenvalue weighted by Gasteiger charge is 2.68. The second-order valence-corrected chi connectivity index (χ2v) is 14.7. The van der Waals surface area contributed by atoms with Crippen molar-refractivity contribution in [2.24, 2.45) is 29.1 Å². The van der Waals surface area contributed by atoms with Gasteiger partial charge in [-0.15, -0.1) is 0 Å². The molecule has 7 rings (SSSR count). The summed E-state index contributed by atoms with van der Waals surface area (Å²) < 4.78 is 25.1. The van der Waals surface area contributed by atoms with Crippen LogP contribution in [0.15, 0.2) is 54.1 Å². The van der Waals surface area contributed by atoms with Gasteiger partial charge in [0.15, 0.2) is 17.2 Å². The third kappa shape index (κ3) is 5.31. The summed E-state index contributed by atoms with van der Waals surface area (Å²) >= 11 is 6.08. The van der Waals surface area contributed by atoms with Crippen molar-refractivity contribution < 1.29 is 48.0 Å². The number of rotatable bonds is 8. The fraction of sp³-hybridized carbons (Fsp3) is 0.351. The van der Waals surface area contributed by atoms with Crippen molar-refractivity contribution in [3.8, 4) is 17.2 Å². The molecular weight excluding hydrogens is 745 g/mol. The highest BCUT2D eigenvalue weighted by atomic mass is 35.5. The molecule has 1 saturated carbocycles. The summed E-state index contributed by atoms with van der Waals surface area (Å²) in [5, 5.41) is 34.8. The van der Waals surface area contributed by atoms with Gasteiger partial charge in [-0.1, -0.05) is 23.3 Å². The Balaban J connectivity index is 1.39. The van der Waals surface area contributed by atoms with E-state index >= 15 is 0 Å². The Morgan fingerprint density at radius 3 is 2.02 bits per heavy atom. The Kier molecular flexibility index (Phi) is 8.82. The number of aromatic hydroxyl groups is 1. The van der Waals surface area contributed by atoms with E-state index in [1.165, 1.54) is 51.4 Å². The number of anilines is 3. The third-order valence-corrected chi connectivity index (χ3v) is 11.7. The van der Waals surface area contributed by atoms with Gasteiger partial charge in [0, 0.05) is 32.1 Å². The number of imide groups is 2. The number of phenolic OH excluding ortho intramolecular Hbond substituents is 1. The average Bonchev–Trinajstić information content (AvgIpc) is 3.51. The quantitative estimate of drug-likeness (QED) is 0.130. The molecule has 4 aliphatic rings. The first-order valence-corrected chi connectivity index (χ1v) is 17.4. The first-order chi connectivity index (χ1) is 26.0. The number of ether oxygens (including phenoxy) is 2. The lowest BCUT2D eigenvalue weighted by Gasteiger charge is -2.49. The van der Waals surface area contributed by atoms with E-state index in [0.29, 0.717) is 11.1 Å². The van der Waals surface area contributed by atoms with E-state index < -0.39 is 85.7 Å². The number of nitro groups is 2. The number of phenols is 1. The molecule has 3 fully saturated rings. The minimum absolute atomic E-state index is 0.00694. The minimum Gasteiger partial charge on any atom is -0.502 e. The van der Waals surface area contributed by atoms with Crippen molar-refractivity contribution in [3.63, 3.8) is 0 Å². The molecule has 2 heterocycles. The van der Waals surface area contributed by atoms with Crippen molar-refractivity contribution in [3.05, 3.63) is 90.7 Å². The largest absolute Gasteiger partial charge is 0.502 e. The second kappa shape index (κ2) is 13.0. The number of carbonyl (C=O) groups excluding carboxylic acids is 4. The highest BCUT2D eigenvalue weighted by Crippen LogP contribution is 2.64. The fourth-order valence-electron chi connectivity index (χ4n) is 9.06. The molecule has 6 unspecified atom stereocenters. The third-order valence-electron chi connectivity index (χ3n) is 11.4. The molecule has 6 atom stereocenters. The molecule has 18 heteroatoms. The lowest BCUT2D eigenvalue weighted by molar-refractivity contribution is -0.392. The van der Waals surface area contributed by atoms with Crippen molar-refractivity contribution in [1.82, 2.24) is 0 Å². The van der Waals surface area contributed by atoms with E-state index in [0.717, 1.165) is 34.1 Å². The Bertz CT molecular complexity index is 2240. The summed E-state index contributed by atoms with van der Waals surface area (Å²) in [5.74, 6) is -9.01. The summed E-state index contributed by atoms with van der Waals surface area (Å²) in [4.78, 5) is 83.4. The van der Waals surface area contributed by atoms with Gasteiger partial charge in [-0.25, -0.2) is 14.2 Å². The van der Waals surface area contributed by atoms with Crippen LogP contribution in [0.5, 0.6) is 17.2 Å². The zero-order valence-corrected chi connectivity index (χ0v) is 30.7. The molecule has 0 radical (unpaired) electrons. The van der Waals surface area contributed by atoms with Crippen molar-refractivity contribution >= 4 is 63.7 Å². The van der Waals surface area contributed by atoms with Crippen LogP contribution >= 0.6 is 11.6 Å². The van der Waals surface area contributed by atoms with Crippen LogP contribution in [0.25, 0.3) is 0 Å². The number of nitro benzene ring substituents is 2. The number of amides is 4. The van der Waals surface area contributed by atoms with Gasteiger partial charge in [0.1, 0.15) is 5.82 Å². The number of hydrogen-bond acceptors (Lipinski definition) is 12. The zero-order valence-electron chi connectivity index (χ0n) is 29.9. The standard InChI is InChI=1S/C37H33ClFN5O11/c1-37-22(34(47)42(36(37)49)17-6-9-24(39)23(38)12-17)15-21-19(30(37)16-10-27(54-4)32(45)28(11-16)55-5)7-8-20-29(21)35(48)41(33(20)46)18-13-25(43(50)51)31(40(2)3)26(14-18)44(52)53/h6-7,9-14,20-22,29-30,45H,8,15H2,1-5H3. The molecule has 2 aliphatic heterocycles. The summed E-state index contributed by atoms with van der Waals surface area (Å²) in [6, 6.07) is 8.32. The SMILES string of the molecule is COc1cc(C2C3=CCC4C(=O)N(c5cc([N+](=O)[O-])c(N(C)C)c([N+](=O)[O-])c5)C(=O)C4C3CC3C(=O)N(c4ccc(F)c(Cl)c4)C(=O)C32C)cc(OC)c1O. The van der Waals surface area contributed by atoms with Gasteiger partial charge >= 0.3 is 11.4 Å². The normalized spacial score (nSPS) is 25.7. The number of fused-ring (bicyclic) bond motifs is 4. The minimum atomic E-state index is -1.55. The van der Waals surface area contributed by atoms with Crippen molar-refractivity contribution in [2.45, 2.75) is 25.7 Å². The molecule has 3 aromatic rings. The van der Waals surface area contributed by atoms with Gasteiger partial charge in [0.05, 0.1) is 63.6 Å². The molecule has 286 valence electrons. The molecule has 0 spiro atoms. The molecule has 3 aromatic carbocycles. The summed E-state index contributed by atoms with van der Waals surface area (Å²) in [6.07, 6.45) is 1.64. The molecule has 16 nitrogen and oxygen atoms in total. The number of nitrogens with zero attached hydrogens (tertiary/aromatic N) is 5. The zero-order chi connectivity index (χ0) is 40.0. The smallest absolute Gasteiger partial charge is 0.301 e. The van der Waals surface area contributed by atoms with Gasteiger partial charge in [0.25, 0.3) is 0 Å². The van der Waals surface area contributed by atoms with Gasteiger partial charge in [-0.3, -0.25) is 39.4 Å². The van der Waals surface area contributed by atoms with Crippen LogP contribution in [0.1, 0.15) is 31.2 Å². The topological polar surface area (TPSA) is 203 Å². The molecule has 0 bridgehead atoms. The number of benzene rings is 3. The molecule has 55 heavy (non-hydrogen) atoms. The van der Waals surface area contributed by atoms with Gasteiger partial charge in [-0.2, -0.15) is 0 Å². The Hall–Kier alpha value is -6.10. The summed E-state index contributed by atoms with van der Waals surface area (Å²) in [7, 11) is 5.41. The van der Waals surface area contributed by atoms with E-state index in [2.05, 4.69) is 0 Å². The molecule has 4 amide bonds. The lowest BCUT2D eigenvalue weighted by atomic mass is 9.51. The first-order valence-electron chi connectivity index (χ1n) is 17.0. The van der Waals surface area contributed by atoms with Crippen LogP contribution in [-0.2, 0) is 19.2 Å². The average molecular weight is 778 g/mol. The van der Waals surface area contributed by atoms with Crippen molar-refractivity contribution in [1.29, 1.82) is 0 Å². The molecule has 1 N–H and O–H groups in total.